The van der Waals surface area contributed by atoms with Crippen molar-refractivity contribution in [2.75, 3.05) is 0 Å². The van der Waals surface area contributed by atoms with Gasteiger partial charge in [0.15, 0.2) is 0 Å². The molecule has 1 N–H and O–H groups in total. The molecule has 1 aromatic carbocycles. The zero-order chi connectivity index (χ0) is 12.5. The molecule has 1 atom stereocenters. The van der Waals surface area contributed by atoms with Crippen LogP contribution in [0.15, 0.2) is 53.7 Å². The van der Waals surface area contributed by atoms with Crippen molar-refractivity contribution in [2.45, 2.75) is 13.0 Å². The number of rotatable bonds is 2. The lowest BCUT2D eigenvalue weighted by Gasteiger charge is -2.14. The van der Waals surface area contributed by atoms with Crippen molar-refractivity contribution in [1.29, 1.82) is 0 Å². The van der Waals surface area contributed by atoms with Crippen LogP contribution in [0.3, 0.4) is 0 Å². The molecule has 2 aromatic heterocycles. The number of benzene rings is 1. The highest BCUT2D eigenvalue weighted by atomic mass is 16.1. The molecule has 3 aromatic rings. The maximum atomic E-state index is 11.6. The van der Waals surface area contributed by atoms with Gasteiger partial charge in [0, 0.05) is 6.20 Å². The zero-order valence-electron chi connectivity index (χ0n) is 10.00. The predicted molar refractivity (Wildman–Crippen MR) is 70.6 cm³/mol. The second-order valence-corrected chi connectivity index (χ2v) is 4.28. The lowest BCUT2D eigenvalue weighted by molar-refractivity contribution is 0.657. The largest absolute Gasteiger partial charge is 0.325 e. The molecule has 1 unspecified atom stereocenters. The third-order valence-electron chi connectivity index (χ3n) is 3.21. The van der Waals surface area contributed by atoms with Crippen LogP contribution in [0.2, 0.25) is 0 Å². The average Bonchev–Trinajstić information content (AvgIpc) is 2.84. The van der Waals surface area contributed by atoms with Gasteiger partial charge in [-0.2, -0.15) is 0 Å². The van der Waals surface area contributed by atoms with Crippen LogP contribution in [0.5, 0.6) is 0 Å². The van der Waals surface area contributed by atoms with Gasteiger partial charge in [-0.1, -0.05) is 30.3 Å². The van der Waals surface area contributed by atoms with Crippen molar-refractivity contribution in [3.63, 3.8) is 0 Å². The molecule has 0 aliphatic carbocycles. The Labute approximate surface area is 104 Å². The van der Waals surface area contributed by atoms with Gasteiger partial charge >= 0.3 is 0 Å². The number of hydrogen-bond donors (Lipinski definition) is 1. The first kappa shape index (κ1) is 10.8. The summed E-state index contributed by atoms with van der Waals surface area (Å²) in [5, 5.41) is 0.625. The molecule has 0 radical (unpaired) electrons. The Balaban J connectivity index is 2.16. The molecular weight excluding hydrogens is 226 g/mol. The quantitative estimate of drug-likeness (QED) is 0.746. The minimum Gasteiger partial charge on any atom is -0.325 e. The molecule has 3 rings (SSSR count). The molecular formula is C14H13N3O. The Morgan fingerprint density at radius 3 is 2.78 bits per heavy atom. The van der Waals surface area contributed by atoms with E-state index in [9.17, 15) is 4.79 Å². The van der Waals surface area contributed by atoms with Crippen molar-refractivity contribution in [3.05, 3.63) is 64.8 Å². The zero-order valence-corrected chi connectivity index (χ0v) is 10.00. The lowest BCUT2D eigenvalue weighted by atomic mass is 10.1. The summed E-state index contributed by atoms with van der Waals surface area (Å²) < 4.78 is 2.01. The van der Waals surface area contributed by atoms with Crippen molar-refractivity contribution in [1.82, 2.24) is 14.5 Å². The smallest absolute Gasteiger partial charge is 0.260 e. The number of nitrogens with zero attached hydrogens (tertiary/aromatic N) is 2. The van der Waals surface area contributed by atoms with Crippen molar-refractivity contribution in [2.24, 2.45) is 0 Å². The van der Waals surface area contributed by atoms with Gasteiger partial charge in [0.25, 0.3) is 5.56 Å². The number of H-pyrrole nitrogens is 1. The Bertz CT molecular complexity index is 727. The van der Waals surface area contributed by atoms with Crippen LogP contribution in [-0.4, -0.2) is 14.5 Å². The van der Waals surface area contributed by atoms with Gasteiger partial charge < -0.3 is 9.55 Å². The number of fused-ring (bicyclic) bond motifs is 1. The molecule has 90 valence electrons. The van der Waals surface area contributed by atoms with Gasteiger partial charge in [0.1, 0.15) is 5.65 Å². The topological polar surface area (TPSA) is 50.7 Å². The predicted octanol–water partition coefficient (Wildman–Crippen LogP) is 2.33. The summed E-state index contributed by atoms with van der Waals surface area (Å²) in [6.07, 6.45) is 3.35. The molecule has 0 aliphatic rings. The third kappa shape index (κ3) is 1.62. The first-order valence-corrected chi connectivity index (χ1v) is 5.86. The maximum absolute atomic E-state index is 11.6. The van der Waals surface area contributed by atoms with Gasteiger partial charge in [-0.05, 0) is 18.6 Å². The van der Waals surface area contributed by atoms with Crippen LogP contribution >= 0.6 is 0 Å². The van der Waals surface area contributed by atoms with Crippen LogP contribution in [0.1, 0.15) is 18.5 Å². The highest BCUT2D eigenvalue weighted by Crippen LogP contribution is 2.21. The van der Waals surface area contributed by atoms with Crippen LogP contribution in [0.4, 0.5) is 0 Å². The molecule has 0 amide bonds. The van der Waals surface area contributed by atoms with E-state index in [1.807, 2.05) is 29.0 Å². The summed E-state index contributed by atoms with van der Waals surface area (Å²) in [6, 6.07) is 12.1. The minimum atomic E-state index is -0.0981. The number of aromatic amines is 1. The first-order chi connectivity index (χ1) is 8.77. The van der Waals surface area contributed by atoms with E-state index in [2.05, 4.69) is 29.0 Å². The summed E-state index contributed by atoms with van der Waals surface area (Å²) in [4.78, 5) is 18.5. The second kappa shape index (κ2) is 4.14. The van der Waals surface area contributed by atoms with E-state index in [0.29, 0.717) is 5.39 Å². The highest BCUT2D eigenvalue weighted by Gasteiger charge is 2.12. The fourth-order valence-corrected chi connectivity index (χ4v) is 2.19. The van der Waals surface area contributed by atoms with E-state index >= 15 is 0 Å². The molecule has 4 nitrogen and oxygen atoms in total. The maximum Gasteiger partial charge on any atom is 0.260 e. The van der Waals surface area contributed by atoms with E-state index in [-0.39, 0.29) is 11.6 Å². The van der Waals surface area contributed by atoms with E-state index in [1.165, 1.54) is 11.9 Å². The highest BCUT2D eigenvalue weighted by molar-refractivity contribution is 5.74. The summed E-state index contributed by atoms with van der Waals surface area (Å²) in [5.74, 6) is 0. The Morgan fingerprint density at radius 2 is 2.00 bits per heavy atom. The summed E-state index contributed by atoms with van der Waals surface area (Å²) in [7, 11) is 0. The monoisotopic (exact) mass is 239 g/mol. The van der Waals surface area contributed by atoms with E-state index in [1.54, 1.807) is 6.07 Å². The van der Waals surface area contributed by atoms with Crippen molar-refractivity contribution < 1.29 is 0 Å². The van der Waals surface area contributed by atoms with Crippen LogP contribution in [-0.2, 0) is 0 Å². The molecule has 0 spiro atoms. The molecule has 0 bridgehead atoms. The summed E-state index contributed by atoms with van der Waals surface area (Å²) in [6.45, 7) is 2.09. The van der Waals surface area contributed by atoms with E-state index < -0.39 is 0 Å². The summed E-state index contributed by atoms with van der Waals surface area (Å²) in [5.41, 5.74) is 1.81. The number of aromatic nitrogens is 3. The Hall–Kier alpha value is -2.36. The molecule has 0 fully saturated rings. The lowest BCUT2D eigenvalue weighted by Crippen LogP contribution is -2.09. The normalized spacial score (nSPS) is 12.7. The van der Waals surface area contributed by atoms with Gasteiger partial charge in [0.05, 0.1) is 17.8 Å². The van der Waals surface area contributed by atoms with E-state index in [0.717, 1.165) is 5.65 Å². The fourth-order valence-electron chi connectivity index (χ4n) is 2.19. The van der Waals surface area contributed by atoms with Gasteiger partial charge in [-0.25, -0.2) is 4.98 Å². The van der Waals surface area contributed by atoms with Crippen molar-refractivity contribution in [3.8, 4) is 0 Å². The molecule has 0 saturated heterocycles. The summed E-state index contributed by atoms with van der Waals surface area (Å²) >= 11 is 0. The van der Waals surface area contributed by atoms with Gasteiger partial charge in [0.2, 0.25) is 0 Å². The van der Waals surface area contributed by atoms with Crippen LogP contribution < -0.4 is 5.56 Å². The average molecular weight is 239 g/mol. The molecule has 0 aliphatic heterocycles. The minimum absolute atomic E-state index is 0.0981. The standard InChI is InChI=1S/C14H13N3O/c1-10(11-5-3-2-4-6-11)17-8-7-12-13(17)15-9-16-14(12)18/h2-10H,1H3,(H,15,16,18). The number of hydrogen-bond acceptors (Lipinski definition) is 2. The molecule has 4 heteroatoms. The fraction of sp³-hybridized carbons (Fsp3) is 0.143. The molecule has 0 saturated carbocycles. The SMILES string of the molecule is CC(c1ccccc1)n1ccc2c(=O)[nH]cnc21. The third-order valence-corrected chi connectivity index (χ3v) is 3.21. The van der Waals surface area contributed by atoms with Gasteiger partial charge in [-0.3, -0.25) is 4.79 Å². The van der Waals surface area contributed by atoms with Crippen LogP contribution in [0.25, 0.3) is 11.0 Å². The Kier molecular flexibility index (Phi) is 2.48. The Morgan fingerprint density at radius 1 is 1.22 bits per heavy atom. The van der Waals surface area contributed by atoms with Gasteiger partial charge in [-0.15, -0.1) is 0 Å². The van der Waals surface area contributed by atoms with E-state index in [4.69, 9.17) is 0 Å². The second-order valence-electron chi connectivity index (χ2n) is 4.28. The first-order valence-electron chi connectivity index (χ1n) is 5.86. The van der Waals surface area contributed by atoms with Crippen molar-refractivity contribution >= 4 is 11.0 Å². The van der Waals surface area contributed by atoms with Crippen LogP contribution in [0, 0.1) is 0 Å². The molecule has 18 heavy (non-hydrogen) atoms. The molecule has 2 heterocycles. The number of nitrogens with one attached hydrogen (secondary N) is 1.